The first kappa shape index (κ1) is 14.0. The van der Waals surface area contributed by atoms with Crippen molar-refractivity contribution in [2.45, 2.75) is 25.7 Å². The summed E-state index contributed by atoms with van der Waals surface area (Å²) in [6, 6.07) is 6.36. The maximum absolute atomic E-state index is 13.2. The minimum absolute atomic E-state index is 0.00855. The van der Waals surface area contributed by atoms with Crippen molar-refractivity contribution in [1.82, 2.24) is 4.90 Å². The van der Waals surface area contributed by atoms with Crippen LogP contribution >= 0.6 is 0 Å². The SMILES string of the molecule is C[C@]1(C(=O)O)CCN(C(=O)[C@H]2C[C@H]2c2cccc(F)c2)C1. The molecule has 4 nitrogen and oxygen atoms in total. The average molecular weight is 291 g/mol. The summed E-state index contributed by atoms with van der Waals surface area (Å²) < 4.78 is 13.2. The number of halogens is 1. The Kier molecular flexibility index (Phi) is 3.23. The van der Waals surface area contributed by atoms with Crippen molar-refractivity contribution in [3.63, 3.8) is 0 Å². The van der Waals surface area contributed by atoms with Crippen LogP contribution < -0.4 is 0 Å². The lowest BCUT2D eigenvalue weighted by Crippen LogP contribution is -2.35. The summed E-state index contributed by atoms with van der Waals surface area (Å²) in [7, 11) is 0. The predicted octanol–water partition coefficient (Wildman–Crippen LogP) is 2.25. The van der Waals surface area contributed by atoms with E-state index in [1.165, 1.54) is 12.1 Å². The lowest BCUT2D eigenvalue weighted by atomic mass is 9.90. The Bertz CT molecular complexity index is 603. The van der Waals surface area contributed by atoms with Crippen LogP contribution in [0.3, 0.4) is 0 Å². The van der Waals surface area contributed by atoms with Crippen LogP contribution in [0.15, 0.2) is 24.3 Å². The van der Waals surface area contributed by atoms with Crippen LogP contribution in [0, 0.1) is 17.2 Å². The molecular formula is C16H18FNO3. The standard InChI is InChI=1S/C16H18FNO3/c1-16(15(20)21)5-6-18(9-16)14(19)13-8-12(13)10-3-2-4-11(17)7-10/h2-4,7,12-13H,5-6,8-9H2,1H3,(H,20,21)/t12-,13-,16-/m0/s1. The zero-order valence-electron chi connectivity index (χ0n) is 11.9. The molecule has 0 radical (unpaired) electrons. The number of aliphatic carboxylic acids is 1. The molecule has 1 aliphatic heterocycles. The first-order chi connectivity index (χ1) is 9.90. The monoisotopic (exact) mass is 291 g/mol. The van der Waals surface area contributed by atoms with Crippen molar-refractivity contribution in [2.75, 3.05) is 13.1 Å². The van der Waals surface area contributed by atoms with E-state index in [9.17, 15) is 19.1 Å². The van der Waals surface area contributed by atoms with E-state index in [1.54, 1.807) is 17.9 Å². The van der Waals surface area contributed by atoms with Gasteiger partial charge in [0.2, 0.25) is 5.91 Å². The molecule has 1 aliphatic carbocycles. The summed E-state index contributed by atoms with van der Waals surface area (Å²) in [5.74, 6) is -1.18. The summed E-state index contributed by atoms with van der Waals surface area (Å²) >= 11 is 0. The summed E-state index contributed by atoms with van der Waals surface area (Å²) in [5.41, 5.74) is 0.0207. The zero-order chi connectivity index (χ0) is 15.2. The minimum Gasteiger partial charge on any atom is -0.481 e. The first-order valence-corrected chi connectivity index (χ1v) is 7.18. The second-order valence-electron chi connectivity index (χ2n) is 6.38. The summed E-state index contributed by atoms with van der Waals surface area (Å²) in [5, 5.41) is 9.21. The molecule has 3 rings (SSSR count). The van der Waals surface area contributed by atoms with Crippen LogP contribution in [0.5, 0.6) is 0 Å². The third kappa shape index (κ3) is 2.52. The van der Waals surface area contributed by atoms with E-state index in [0.29, 0.717) is 13.0 Å². The highest BCUT2D eigenvalue weighted by atomic mass is 19.1. The van der Waals surface area contributed by atoms with Crippen LogP contribution in [0.1, 0.15) is 31.2 Å². The van der Waals surface area contributed by atoms with E-state index >= 15 is 0 Å². The Morgan fingerprint density at radius 1 is 1.43 bits per heavy atom. The second kappa shape index (κ2) is 4.83. The van der Waals surface area contributed by atoms with E-state index in [4.69, 9.17) is 0 Å². The van der Waals surface area contributed by atoms with Crippen molar-refractivity contribution in [3.05, 3.63) is 35.6 Å². The lowest BCUT2D eigenvalue weighted by Gasteiger charge is -2.20. The van der Waals surface area contributed by atoms with Gasteiger partial charge in [0, 0.05) is 19.0 Å². The predicted molar refractivity (Wildman–Crippen MR) is 74.2 cm³/mol. The van der Waals surface area contributed by atoms with Crippen LogP contribution in [-0.2, 0) is 9.59 Å². The van der Waals surface area contributed by atoms with Crippen molar-refractivity contribution in [3.8, 4) is 0 Å². The Hall–Kier alpha value is -1.91. The van der Waals surface area contributed by atoms with Crippen LogP contribution in [0.2, 0.25) is 0 Å². The van der Waals surface area contributed by atoms with Crippen molar-refractivity contribution < 1.29 is 19.1 Å². The summed E-state index contributed by atoms with van der Waals surface area (Å²) in [6.45, 7) is 2.45. The maximum atomic E-state index is 13.2. The van der Waals surface area contributed by atoms with Crippen LogP contribution in [0.25, 0.3) is 0 Å². The van der Waals surface area contributed by atoms with Gasteiger partial charge < -0.3 is 10.0 Å². The van der Waals surface area contributed by atoms with E-state index in [-0.39, 0.29) is 30.1 Å². The molecule has 1 amide bonds. The fourth-order valence-electron chi connectivity index (χ4n) is 3.13. The van der Waals surface area contributed by atoms with Gasteiger partial charge in [-0.15, -0.1) is 0 Å². The molecule has 1 saturated carbocycles. The molecule has 1 aromatic rings. The molecule has 112 valence electrons. The number of likely N-dealkylation sites (tertiary alicyclic amines) is 1. The molecule has 0 bridgehead atoms. The van der Waals surface area contributed by atoms with Gasteiger partial charge in [0.05, 0.1) is 5.41 Å². The number of rotatable bonds is 3. The minimum atomic E-state index is -0.852. The number of carboxylic acid groups (broad SMARTS) is 1. The molecule has 3 atom stereocenters. The van der Waals surface area contributed by atoms with Crippen molar-refractivity contribution >= 4 is 11.9 Å². The number of nitrogens with zero attached hydrogens (tertiary/aromatic N) is 1. The van der Waals surface area contributed by atoms with E-state index < -0.39 is 11.4 Å². The number of benzene rings is 1. The topological polar surface area (TPSA) is 57.6 Å². The van der Waals surface area contributed by atoms with Gasteiger partial charge in [0.25, 0.3) is 0 Å². The highest BCUT2D eigenvalue weighted by molar-refractivity contribution is 5.85. The fourth-order valence-corrected chi connectivity index (χ4v) is 3.13. The zero-order valence-corrected chi connectivity index (χ0v) is 11.9. The van der Waals surface area contributed by atoms with E-state index in [1.807, 2.05) is 6.07 Å². The van der Waals surface area contributed by atoms with Crippen molar-refractivity contribution in [1.29, 1.82) is 0 Å². The average Bonchev–Trinajstić information content (AvgIpc) is 3.14. The largest absolute Gasteiger partial charge is 0.481 e. The van der Waals surface area contributed by atoms with E-state index in [0.717, 1.165) is 12.0 Å². The molecule has 2 fully saturated rings. The molecule has 0 unspecified atom stereocenters. The molecule has 1 heterocycles. The second-order valence-corrected chi connectivity index (χ2v) is 6.38. The van der Waals surface area contributed by atoms with Gasteiger partial charge in [-0.1, -0.05) is 12.1 Å². The molecule has 1 aromatic carbocycles. The maximum Gasteiger partial charge on any atom is 0.311 e. The van der Waals surface area contributed by atoms with Crippen LogP contribution in [0.4, 0.5) is 4.39 Å². The molecule has 0 spiro atoms. The van der Waals surface area contributed by atoms with Gasteiger partial charge in [-0.2, -0.15) is 0 Å². The van der Waals surface area contributed by atoms with Crippen molar-refractivity contribution in [2.24, 2.45) is 11.3 Å². The molecule has 1 N–H and O–H groups in total. The molecule has 2 aliphatic rings. The molecule has 5 heteroatoms. The third-order valence-electron chi connectivity index (χ3n) is 4.69. The summed E-state index contributed by atoms with van der Waals surface area (Å²) in [6.07, 6.45) is 1.22. The third-order valence-corrected chi connectivity index (χ3v) is 4.69. The Morgan fingerprint density at radius 2 is 2.19 bits per heavy atom. The Balaban J connectivity index is 1.65. The highest BCUT2D eigenvalue weighted by Gasteiger charge is 2.49. The molecular weight excluding hydrogens is 273 g/mol. The molecule has 21 heavy (non-hydrogen) atoms. The number of amides is 1. The van der Waals surface area contributed by atoms with Gasteiger partial charge in [0.1, 0.15) is 5.82 Å². The van der Waals surface area contributed by atoms with Gasteiger partial charge in [-0.25, -0.2) is 4.39 Å². The number of carbonyl (C=O) groups is 2. The first-order valence-electron chi connectivity index (χ1n) is 7.18. The Labute approximate surface area is 122 Å². The summed E-state index contributed by atoms with van der Waals surface area (Å²) in [4.78, 5) is 25.3. The fraction of sp³-hybridized carbons (Fsp3) is 0.500. The van der Waals surface area contributed by atoms with Gasteiger partial charge in [0.15, 0.2) is 0 Å². The molecule has 1 saturated heterocycles. The highest BCUT2D eigenvalue weighted by Crippen LogP contribution is 2.49. The van der Waals surface area contributed by atoms with Gasteiger partial charge in [-0.3, -0.25) is 9.59 Å². The van der Waals surface area contributed by atoms with E-state index in [2.05, 4.69) is 0 Å². The Morgan fingerprint density at radius 3 is 2.81 bits per heavy atom. The quantitative estimate of drug-likeness (QED) is 0.929. The van der Waals surface area contributed by atoms with Gasteiger partial charge in [-0.05, 0) is 43.4 Å². The number of carboxylic acids is 1. The smallest absolute Gasteiger partial charge is 0.311 e. The number of hydrogen-bond acceptors (Lipinski definition) is 2. The molecule has 0 aromatic heterocycles. The van der Waals surface area contributed by atoms with Crippen LogP contribution in [-0.4, -0.2) is 35.0 Å². The normalized spacial score (nSPS) is 31.2. The lowest BCUT2D eigenvalue weighted by molar-refractivity contribution is -0.147. The number of carbonyl (C=O) groups excluding carboxylic acids is 1. The van der Waals surface area contributed by atoms with Gasteiger partial charge >= 0.3 is 5.97 Å². The number of hydrogen-bond donors (Lipinski definition) is 1.